The van der Waals surface area contributed by atoms with E-state index in [1.807, 2.05) is 23.2 Å². The third-order valence-electron chi connectivity index (χ3n) is 3.28. The van der Waals surface area contributed by atoms with Crippen molar-refractivity contribution < 1.29 is 9.47 Å². The molecule has 1 heterocycles. The van der Waals surface area contributed by atoms with Crippen molar-refractivity contribution in [2.75, 3.05) is 13.2 Å². The van der Waals surface area contributed by atoms with Gasteiger partial charge in [-0.15, -0.1) is 0 Å². The summed E-state index contributed by atoms with van der Waals surface area (Å²) in [6, 6.07) is 18.7. The molecule has 20 heavy (non-hydrogen) atoms. The normalized spacial score (nSPS) is 18.9. The highest BCUT2D eigenvalue weighted by Crippen LogP contribution is 2.27. The molecule has 1 aliphatic rings. The Morgan fingerprint density at radius 2 is 1.45 bits per heavy atom. The van der Waals surface area contributed by atoms with Gasteiger partial charge in [0.25, 0.3) is 0 Å². The molecule has 1 fully saturated rings. The summed E-state index contributed by atoms with van der Waals surface area (Å²) in [5, 5.41) is 0. The minimum absolute atomic E-state index is 0.268. The van der Waals surface area contributed by atoms with Gasteiger partial charge in [0.1, 0.15) is 0 Å². The summed E-state index contributed by atoms with van der Waals surface area (Å²) < 4.78 is 11.4. The smallest absolute Gasteiger partial charge is 0.184 e. The molecule has 0 unspecified atom stereocenters. The van der Waals surface area contributed by atoms with Crippen molar-refractivity contribution in [2.24, 2.45) is 0 Å². The minimum atomic E-state index is -0.268. The molecule has 0 N–H and O–H groups in total. The van der Waals surface area contributed by atoms with E-state index >= 15 is 0 Å². The first-order valence-electron chi connectivity index (χ1n) is 6.53. The maximum atomic E-state index is 5.69. The molecule has 0 aliphatic carbocycles. The van der Waals surface area contributed by atoms with Crippen molar-refractivity contribution in [1.82, 2.24) is 0 Å². The van der Waals surface area contributed by atoms with Crippen molar-refractivity contribution in [3.8, 4) is 11.1 Å². The third-order valence-corrected chi connectivity index (χ3v) is 3.93. The highest BCUT2D eigenvalue weighted by molar-refractivity contribution is 9.11. The zero-order valence-electron chi connectivity index (χ0n) is 11.0. The molecule has 2 nitrogen and oxygen atoms in total. The van der Waals surface area contributed by atoms with Crippen LogP contribution in [0.2, 0.25) is 0 Å². The van der Waals surface area contributed by atoms with Gasteiger partial charge < -0.3 is 9.47 Å². The largest absolute Gasteiger partial charge is 0.344 e. The van der Waals surface area contributed by atoms with Gasteiger partial charge in [0.2, 0.25) is 0 Å². The van der Waals surface area contributed by atoms with Crippen LogP contribution in [0.1, 0.15) is 11.9 Å². The van der Waals surface area contributed by atoms with E-state index in [4.69, 9.17) is 9.47 Å². The second-order valence-corrected chi connectivity index (χ2v) is 5.17. The number of benzene rings is 2. The van der Waals surface area contributed by atoms with E-state index < -0.39 is 0 Å². The van der Waals surface area contributed by atoms with E-state index in [2.05, 4.69) is 52.3 Å². The second-order valence-electron chi connectivity index (χ2n) is 4.71. The highest BCUT2D eigenvalue weighted by Gasteiger charge is 2.18. The Morgan fingerprint density at radius 3 is 2.05 bits per heavy atom. The molecule has 2 aromatic rings. The molecule has 0 spiro atoms. The summed E-state index contributed by atoms with van der Waals surface area (Å²) in [7, 11) is 0. The third kappa shape index (κ3) is 3.01. The van der Waals surface area contributed by atoms with Gasteiger partial charge in [-0.3, -0.25) is 0 Å². The van der Waals surface area contributed by atoms with Crippen LogP contribution in [0, 0.1) is 0 Å². The topological polar surface area (TPSA) is 18.5 Å². The summed E-state index contributed by atoms with van der Waals surface area (Å²) in [5.74, 6) is 0. The molecule has 3 rings (SSSR count). The standard InChI is InChI=1S/C17H15BrO2/c18-10-13-11-19-17(20-12-13)16-8-6-15(7-9-16)14-4-2-1-3-5-14/h1-10,17H,11-12H2. The van der Waals surface area contributed by atoms with Crippen molar-refractivity contribution >= 4 is 15.9 Å². The Labute approximate surface area is 127 Å². The monoisotopic (exact) mass is 330 g/mol. The summed E-state index contributed by atoms with van der Waals surface area (Å²) in [6.45, 7) is 1.21. The number of halogens is 1. The number of hydrogen-bond donors (Lipinski definition) is 0. The molecule has 0 atom stereocenters. The summed E-state index contributed by atoms with van der Waals surface area (Å²) >= 11 is 3.30. The minimum Gasteiger partial charge on any atom is -0.344 e. The molecule has 3 heteroatoms. The Balaban J connectivity index is 1.74. The lowest BCUT2D eigenvalue weighted by molar-refractivity contribution is -0.160. The van der Waals surface area contributed by atoms with E-state index in [0.29, 0.717) is 13.2 Å². The van der Waals surface area contributed by atoms with Gasteiger partial charge in [-0.25, -0.2) is 0 Å². The van der Waals surface area contributed by atoms with Crippen LogP contribution >= 0.6 is 15.9 Å². The van der Waals surface area contributed by atoms with Crippen molar-refractivity contribution in [3.63, 3.8) is 0 Å². The molecule has 0 amide bonds. The van der Waals surface area contributed by atoms with Gasteiger partial charge >= 0.3 is 0 Å². The number of rotatable bonds is 2. The Kier molecular flexibility index (Phi) is 4.31. The molecule has 0 radical (unpaired) electrons. The first kappa shape index (κ1) is 13.6. The lowest BCUT2D eigenvalue weighted by Crippen LogP contribution is -2.20. The van der Waals surface area contributed by atoms with Gasteiger partial charge in [-0.1, -0.05) is 70.5 Å². The molecule has 0 aromatic heterocycles. The molecular formula is C17H15BrO2. The maximum absolute atomic E-state index is 5.69. The van der Waals surface area contributed by atoms with Crippen LogP contribution in [0.15, 0.2) is 65.2 Å². The van der Waals surface area contributed by atoms with Gasteiger partial charge in [0.15, 0.2) is 6.29 Å². The van der Waals surface area contributed by atoms with Crippen LogP contribution in [-0.4, -0.2) is 13.2 Å². The number of ether oxygens (including phenoxy) is 2. The molecule has 1 aliphatic heterocycles. The first-order chi connectivity index (χ1) is 9.86. The highest BCUT2D eigenvalue weighted by atomic mass is 79.9. The van der Waals surface area contributed by atoms with Gasteiger partial charge in [0.05, 0.1) is 13.2 Å². The Bertz CT molecular complexity index is 580. The lowest BCUT2D eigenvalue weighted by atomic mass is 10.0. The maximum Gasteiger partial charge on any atom is 0.184 e. The van der Waals surface area contributed by atoms with Crippen LogP contribution in [0.4, 0.5) is 0 Å². The fourth-order valence-electron chi connectivity index (χ4n) is 2.17. The average molecular weight is 331 g/mol. The summed E-state index contributed by atoms with van der Waals surface area (Å²) in [6.07, 6.45) is -0.268. The predicted octanol–water partition coefficient (Wildman–Crippen LogP) is 4.68. The SMILES string of the molecule is BrC=C1COC(c2ccc(-c3ccccc3)cc2)OC1. The average Bonchev–Trinajstić information content (AvgIpc) is 2.56. The van der Waals surface area contributed by atoms with Crippen molar-refractivity contribution in [2.45, 2.75) is 6.29 Å². The van der Waals surface area contributed by atoms with Crippen LogP contribution in [0.3, 0.4) is 0 Å². The molecule has 0 saturated carbocycles. The van der Waals surface area contributed by atoms with E-state index in [0.717, 1.165) is 11.1 Å². The van der Waals surface area contributed by atoms with E-state index in [-0.39, 0.29) is 6.29 Å². The van der Waals surface area contributed by atoms with E-state index in [1.54, 1.807) is 0 Å². The fourth-order valence-corrected chi connectivity index (χ4v) is 2.44. The number of hydrogen-bond acceptors (Lipinski definition) is 2. The summed E-state index contributed by atoms with van der Waals surface area (Å²) in [5.41, 5.74) is 4.58. The summed E-state index contributed by atoms with van der Waals surface area (Å²) in [4.78, 5) is 1.86. The zero-order chi connectivity index (χ0) is 13.8. The molecule has 2 aromatic carbocycles. The van der Waals surface area contributed by atoms with Crippen LogP contribution in [0.5, 0.6) is 0 Å². The van der Waals surface area contributed by atoms with Crippen LogP contribution in [0.25, 0.3) is 11.1 Å². The van der Waals surface area contributed by atoms with Gasteiger partial charge in [-0.2, -0.15) is 0 Å². The van der Waals surface area contributed by atoms with Gasteiger partial charge in [0, 0.05) is 5.56 Å². The van der Waals surface area contributed by atoms with E-state index in [9.17, 15) is 0 Å². The Morgan fingerprint density at radius 1 is 0.850 bits per heavy atom. The molecular weight excluding hydrogens is 316 g/mol. The molecule has 1 saturated heterocycles. The molecule has 102 valence electrons. The van der Waals surface area contributed by atoms with E-state index in [1.165, 1.54) is 11.1 Å². The quantitative estimate of drug-likeness (QED) is 0.796. The molecule has 0 bridgehead atoms. The van der Waals surface area contributed by atoms with Crippen molar-refractivity contribution in [1.29, 1.82) is 0 Å². The first-order valence-corrected chi connectivity index (χ1v) is 7.45. The Hall–Kier alpha value is -1.42. The second kappa shape index (κ2) is 6.35. The fraction of sp³-hybridized carbons (Fsp3) is 0.176. The van der Waals surface area contributed by atoms with Crippen molar-refractivity contribution in [3.05, 3.63) is 70.7 Å². The predicted molar refractivity (Wildman–Crippen MR) is 83.5 cm³/mol. The van der Waals surface area contributed by atoms with Crippen LogP contribution < -0.4 is 0 Å². The zero-order valence-corrected chi connectivity index (χ0v) is 12.5. The van der Waals surface area contributed by atoms with Gasteiger partial charge in [-0.05, 0) is 21.7 Å². The lowest BCUT2D eigenvalue weighted by Gasteiger charge is -2.25. The van der Waals surface area contributed by atoms with Crippen LogP contribution in [-0.2, 0) is 9.47 Å².